The lowest BCUT2D eigenvalue weighted by Gasteiger charge is -2.34. The van der Waals surface area contributed by atoms with Gasteiger partial charge in [-0.2, -0.15) is 0 Å². The number of carbonyl (C=O) groups excluding carboxylic acids is 1. The van der Waals surface area contributed by atoms with Crippen LogP contribution in [-0.4, -0.2) is 59.0 Å². The largest absolute Gasteiger partial charge is 0.341 e. The highest BCUT2D eigenvalue weighted by Crippen LogP contribution is 2.20. The summed E-state index contributed by atoms with van der Waals surface area (Å²) in [7, 11) is 1.67. The smallest absolute Gasteiger partial charge is 0.317 e. The molecule has 0 radical (unpaired) electrons. The molecule has 0 atom stereocenters. The van der Waals surface area contributed by atoms with E-state index in [0.29, 0.717) is 0 Å². The van der Waals surface area contributed by atoms with Crippen molar-refractivity contribution in [2.45, 2.75) is 6.54 Å². The number of carbonyl (C=O) groups is 1. The Morgan fingerprint density at radius 2 is 1.75 bits per heavy atom. The molecule has 1 aliphatic rings. The van der Waals surface area contributed by atoms with Gasteiger partial charge < -0.3 is 15.5 Å². The molecule has 7 heteroatoms. The highest BCUT2D eigenvalue weighted by molar-refractivity contribution is 5.84. The number of amides is 2. The first kappa shape index (κ1) is 18.2. The number of hydrogen-bond acceptors (Lipinski definition) is 5. The fourth-order valence-corrected chi connectivity index (χ4v) is 3.45. The number of rotatable bonds is 4. The molecule has 0 spiro atoms. The van der Waals surface area contributed by atoms with Crippen LogP contribution in [0, 0.1) is 0 Å². The summed E-state index contributed by atoms with van der Waals surface area (Å²) < 4.78 is 0. The quantitative estimate of drug-likeness (QED) is 0.733. The Bertz CT molecular complexity index is 968. The summed E-state index contributed by atoms with van der Waals surface area (Å²) in [6.45, 7) is 4.06. The number of anilines is 2. The molecule has 2 aromatic heterocycles. The molecule has 0 unspecified atom stereocenters. The number of nitrogens with zero attached hydrogens (tertiary/aromatic N) is 4. The van der Waals surface area contributed by atoms with Crippen molar-refractivity contribution < 1.29 is 4.79 Å². The third-order valence-electron chi connectivity index (χ3n) is 4.99. The Labute approximate surface area is 164 Å². The number of benzene rings is 1. The summed E-state index contributed by atoms with van der Waals surface area (Å²) in [5, 5.41) is 8.25. The maximum absolute atomic E-state index is 11.7. The first-order valence-corrected chi connectivity index (χ1v) is 9.47. The van der Waals surface area contributed by atoms with Gasteiger partial charge >= 0.3 is 6.03 Å². The average Bonchev–Trinajstić information content (AvgIpc) is 2.74. The summed E-state index contributed by atoms with van der Waals surface area (Å²) in [4.78, 5) is 24.8. The second-order valence-electron chi connectivity index (χ2n) is 6.91. The van der Waals surface area contributed by atoms with Gasteiger partial charge in [-0.1, -0.05) is 24.3 Å². The third-order valence-corrected chi connectivity index (χ3v) is 4.99. The summed E-state index contributed by atoms with van der Waals surface area (Å²) in [5.74, 6) is 1.56. The Hall–Kier alpha value is -3.19. The first-order valence-electron chi connectivity index (χ1n) is 9.47. The molecule has 1 aliphatic heterocycles. The van der Waals surface area contributed by atoms with E-state index < -0.39 is 0 Å². The predicted molar refractivity (Wildman–Crippen MR) is 111 cm³/mol. The number of fused-ring (bicyclic) bond motifs is 1. The van der Waals surface area contributed by atoms with E-state index in [0.717, 1.165) is 55.1 Å². The molecule has 7 nitrogen and oxygen atoms in total. The molecule has 1 fully saturated rings. The Morgan fingerprint density at radius 3 is 2.54 bits per heavy atom. The molecule has 3 aromatic rings. The second-order valence-corrected chi connectivity index (χ2v) is 6.91. The average molecular weight is 376 g/mol. The zero-order valence-electron chi connectivity index (χ0n) is 15.9. The van der Waals surface area contributed by atoms with Crippen molar-refractivity contribution >= 4 is 28.4 Å². The molecule has 0 aliphatic carbocycles. The van der Waals surface area contributed by atoms with Crippen LogP contribution < -0.4 is 10.6 Å². The number of hydrogen-bond donors (Lipinski definition) is 2. The minimum absolute atomic E-state index is 0.00191. The van der Waals surface area contributed by atoms with E-state index in [1.54, 1.807) is 7.05 Å². The summed E-state index contributed by atoms with van der Waals surface area (Å²) in [6.07, 6.45) is 3.69. The fourth-order valence-electron chi connectivity index (χ4n) is 3.45. The van der Waals surface area contributed by atoms with Crippen molar-refractivity contribution in [3.05, 3.63) is 60.4 Å². The van der Waals surface area contributed by atoms with Crippen molar-refractivity contribution in [2.75, 3.05) is 38.5 Å². The molecule has 144 valence electrons. The second kappa shape index (κ2) is 8.22. The van der Waals surface area contributed by atoms with Gasteiger partial charge in [-0.25, -0.2) is 14.8 Å². The van der Waals surface area contributed by atoms with E-state index in [4.69, 9.17) is 0 Å². The molecule has 2 N–H and O–H groups in total. The molecule has 2 amide bonds. The maximum atomic E-state index is 11.7. The van der Waals surface area contributed by atoms with Crippen molar-refractivity contribution in [3.8, 4) is 0 Å². The zero-order valence-corrected chi connectivity index (χ0v) is 15.9. The Kier molecular flexibility index (Phi) is 5.34. The van der Waals surface area contributed by atoms with Gasteiger partial charge in [0.25, 0.3) is 0 Å². The van der Waals surface area contributed by atoms with Crippen LogP contribution in [0.4, 0.5) is 16.4 Å². The minimum Gasteiger partial charge on any atom is -0.341 e. The minimum atomic E-state index is -0.00191. The van der Waals surface area contributed by atoms with Gasteiger partial charge in [0.05, 0.1) is 0 Å². The van der Waals surface area contributed by atoms with Crippen molar-refractivity contribution in [2.24, 2.45) is 0 Å². The van der Waals surface area contributed by atoms with Crippen LogP contribution in [0.2, 0.25) is 0 Å². The van der Waals surface area contributed by atoms with Crippen LogP contribution in [0.3, 0.4) is 0 Å². The SMILES string of the molecule is CNC(=O)N1CCN(Cc2ccnc(Nc3cc4ccccc4cn3)c2)CC1. The fraction of sp³-hybridized carbons (Fsp3) is 0.286. The number of nitrogens with one attached hydrogen (secondary N) is 2. The molecule has 0 bridgehead atoms. The molecule has 4 rings (SSSR count). The first-order chi connectivity index (χ1) is 13.7. The lowest BCUT2D eigenvalue weighted by Crippen LogP contribution is -2.50. The predicted octanol–water partition coefficient (Wildman–Crippen LogP) is 2.83. The highest BCUT2D eigenvalue weighted by Gasteiger charge is 2.20. The molecule has 1 aromatic carbocycles. The molecule has 1 saturated heterocycles. The van der Waals surface area contributed by atoms with Gasteiger partial charge in [-0.15, -0.1) is 0 Å². The molecule has 0 saturated carbocycles. The molecular weight excluding hydrogens is 352 g/mol. The zero-order chi connectivity index (χ0) is 19.3. The molecule has 28 heavy (non-hydrogen) atoms. The standard InChI is InChI=1S/C21H24N6O/c1-22-21(28)27-10-8-26(9-11-27)15-16-6-7-23-19(12-16)25-20-13-17-4-2-3-5-18(17)14-24-20/h2-7,12-14H,8-11,15H2,1H3,(H,22,28)(H,23,24,25). The van der Waals surface area contributed by atoms with E-state index in [1.807, 2.05) is 41.6 Å². The van der Waals surface area contributed by atoms with E-state index >= 15 is 0 Å². The number of aromatic nitrogens is 2. The topological polar surface area (TPSA) is 73.4 Å². The van der Waals surface area contributed by atoms with Gasteiger partial charge in [0.2, 0.25) is 0 Å². The van der Waals surface area contributed by atoms with Gasteiger partial charge in [0.15, 0.2) is 0 Å². The summed E-state index contributed by atoms with van der Waals surface area (Å²) >= 11 is 0. The van der Waals surface area contributed by atoms with Crippen LogP contribution >= 0.6 is 0 Å². The van der Waals surface area contributed by atoms with Crippen LogP contribution in [0.25, 0.3) is 10.8 Å². The number of piperazine rings is 1. The van der Waals surface area contributed by atoms with Crippen molar-refractivity contribution in [1.82, 2.24) is 25.1 Å². The van der Waals surface area contributed by atoms with E-state index in [2.05, 4.69) is 43.7 Å². The van der Waals surface area contributed by atoms with E-state index in [9.17, 15) is 4.79 Å². The molecular formula is C21H24N6O. The maximum Gasteiger partial charge on any atom is 0.317 e. The third kappa shape index (κ3) is 4.20. The van der Waals surface area contributed by atoms with Crippen molar-refractivity contribution in [1.29, 1.82) is 0 Å². The van der Waals surface area contributed by atoms with Gasteiger partial charge in [-0.3, -0.25) is 4.90 Å². The van der Waals surface area contributed by atoms with E-state index in [-0.39, 0.29) is 6.03 Å². The lowest BCUT2D eigenvalue weighted by atomic mass is 10.2. The number of pyridine rings is 2. The highest BCUT2D eigenvalue weighted by atomic mass is 16.2. The molecule has 3 heterocycles. The van der Waals surface area contributed by atoms with E-state index in [1.165, 1.54) is 5.56 Å². The summed E-state index contributed by atoms with van der Waals surface area (Å²) in [5.41, 5.74) is 1.19. The Balaban J connectivity index is 1.39. The summed E-state index contributed by atoms with van der Waals surface area (Å²) in [6, 6.07) is 14.3. The number of urea groups is 1. The normalized spacial score (nSPS) is 14.8. The van der Waals surface area contributed by atoms with Gasteiger partial charge in [0, 0.05) is 57.6 Å². The van der Waals surface area contributed by atoms with Crippen LogP contribution in [0.5, 0.6) is 0 Å². The van der Waals surface area contributed by atoms with Crippen LogP contribution in [-0.2, 0) is 6.54 Å². The monoisotopic (exact) mass is 376 g/mol. The van der Waals surface area contributed by atoms with Crippen LogP contribution in [0.15, 0.2) is 54.9 Å². The van der Waals surface area contributed by atoms with Gasteiger partial charge in [-0.05, 0) is 29.1 Å². The van der Waals surface area contributed by atoms with Crippen molar-refractivity contribution in [3.63, 3.8) is 0 Å². The van der Waals surface area contributed by atoms with Gasteiger partial charge in [0.1, 0.15) is 11.6 Å². The lowest BCUT2D eigenvalue weighted by molar-refractivity contribution is 0.136. The van der Waals surface area contributed by atoms with Crippen LogP contribution in [0.1, 0.15) is 5.56 Å². The Morgan fingerprint density at radius 1 is 1.00 bits per heavy atom.